The van der Waals surface area contributed by atoms with Gasteiger partial charge in [-0.25, -0.2) is 4.98 Å². The van der Waals surface area contributed by atoms with Gasteiger partial charge in [-0.1, -0.05) is 18.2 Å². The van der Waals surface area contributed by atoms with Crippen molar-refractivity contribution in [1.29, 1.82) is 0 Å². The summed E-state index contributed by atoms with van der Waals surface area (Å²) in [6.07, 6.45) is 4.47. The molecule has 4 rings (SSSR count). The first-order chi connectivity index (χ1) is 10.4. The van der Waals surface area contributed by atoms with Crippen molar-refractivity contribution in [3.63, 3.8) is 0 Å². The summed E-state index contributed by atoms with van der Waals surface area (Å²) in [4.78, 5) is 4.75. The normalized spacial score (nSPS) is 13.8. The van der Waals surface area contributed by atoms with Gasteiger partial charge in [-0.05, 0) is 54.7 Å². The van der Waals surface area contributed by atoms with Crippen LogP contribution in [-0.4, -0.2) is 15.4 Å². The summed E-state index contributed by atoms with van der Waals surface area (Å²) >= 11 is 5.96. The molecule has 3 aromatic rings. The SMILES string of the molecule is ClCCc1nc2ccccc2n1-c1ccc2c(c1)CCC2. The molecule has 21 heavy (non-hydrogen) atoms. The summed E-state index contributed by atoms with van der Waals surface area (Å²) in [6.45, 7) is 0. The number of benzene rings is 2. The van der Waals surface area contributed by atoms with E-state index in [1.54, 1.807) is 0 Å². The predicted molar refractivity (Wildman–Crippen MR) is 87.5 cm³/mol. The van der Waals surface area contributed by atoms with Gasteiger partial charge in [0.1, 0.15) is 5.82 Å². The van der Waals surface area contributed by atoms with Crippen molar-refractivity contribution >= 4 is 22.6 Å². The molecule has 0 N–H and O–H groups in total. The van der Waals surface area contributed by atoms with Gasteiger partial charge in [0.05, 0.1) is 11.0 Å². The molecule has 2 nitrogen and oxygen atoms in total. The van der Waals surface area contributed by atoms with E-state index in [0.29, 0.717) is 5.88 Å². The molecule has 1 aliphatic rings. The fourth-order valence-electron chi connectivity index (χ4n) is 3.31. The lowest BCUT2D eigenvalue weighted by Gasteiger charge is -2.10. The first-order valence-electron chi connectivity index (χ1n) is 7.51. The maximum atomic E-state index is 5.96. The molecule has 0 saturated carbocycles. The van der Waals surface area contributed by atoms with Crippen molar-refractivity contribution in [2.24, 2.45) is 0 Å². The number of nitrogens with zero attached hydrogens (tertiary/aromatic N) is 2. The number of imidazole rings is 1. The molecule has 2 aromatic carbocycles. The number of aromatic nitrogens is 2. The first-order valence-corrected chi connectivity index (χ1v) is 8.05. The number of fused-ring (bicyclic) bond motifs is 2. The topological polar surface area (TPSA) is 17.8 Å². The Kier molecular flexibility index (Phi) is 3.19. The van der Waals surface area contributed by atoms with E-state index in [1.165, 1.54) is 36.1 Å². The van der Waals surface area contributed by atoms with Crippen molar-refractivity contribution < 1.29 is 0 Å². The van der Waals surface area contributed by atoms with Crippen LogP contribution in [0.2, 0.25) is 0 Å². The second kappa shape index (κ2) is 5.19. The highest BCUT2D eigenvalue weighted by molar-refractivity contribution is 6.17. The third-order valence-electron chi connectivity index (χ3n) is 4.29. The number of alkyl halides is 1. The van der Waals surface area contributed by atoms with E-state index in [1.807, 2.05) is 6.07 Å². The summed E-state index contributed by atoms with van der Waals surface area (Å²) < 4.78 is 2.26. The Labute approximate surface area is 129 Å². The van der Waals surface area contributed by atoms with E-state index in [0.717, 1.165) is 23.3 Å². The van der Waals surface area contributed by atoms with E-state index < -0.39 is 0 Å². The van der Waals surface area contributed by atoms with Gasteiger partial charge in [-0.2, -0.15) is 0 Å². The monoisotopic (exact) mass is 296 g/mol. The number of hydrogen-bond acceptors (Lipinski definition) is 1. The quantitative estimate of drug-likeness (QED) is 0.659. The van der Waals surface area contributed by atoms with Crippen LogP contribution in [0.15, 0.2) is 42.5 Å². The average molecular weight is 297 g/mol. The molecule has 0 amide bonds. The molecule has 0 atom stereocenters. The van der Waals surface area contributed by atoms with E-state index in [-0.39, 0.29) is 0 Å². The molecular formula is C18H17ClN2. The fourth-order valence-corrected chi connectivity index (χ4v) is 3.48. The minimum atomic E-state index is 0.592. The second-order valence-corrected chi connectivity index (χ2v) is 5.98. The van der Waals surface area contributed by atoms with Crippen LogP contribution in [0.3, 0.4) is 0 Å². The van der Waals surface area contributed by atoms with Crippen molar-refractivity contribution in [2.75, 3.05) is 5.88 Å². The van der Waals surface area contributed by atoms with Crippen LogP contribution in [0.5, 0.6) is 0 Å². The Balaban J connectivity index is 1.94. The largest absolute Gasteiger partial charge is 0.296 e. The van der Waals surface area contributed by atoms with Gasteiger partial charge in [-0.15, -0.1) is 11.6 Å². The summed E-state index contributed by atoms with van der Waals surface area (Å²) in [5.41, 5.74) is 6.40. The molecule has 0 saturated heterocycles. The van der Waals surface area contributed by atoms with E-state index >= 15 is 0 Å². The van der Waals surface area contributed by atoms with E-state index in [2.05, 4.69) is 41.0 Å². The van der Waals surface area contributed by atoms with Crippen LogP contribution in [0.4, 0.5) is 0 Å². The predicted octanol–water partition coefficient (Wildman–Crippen LogP) is 4.30. The number of halogens is 1. The summed E-state index contributed by atoms with van der Waals surface area (Å²) in [7, 11) is 0. The third kappa shape index (κ3) is 2.14. The van der Waals surface area contributed by atoms with Crippen LogP contribution < -0.4 is 0 Å². The Morgan fingerprint density at radius 2 is 1.90 bits per heavy atom. The molecule has 1 aromatic heterocycles. The minimum absolute atomic E-state index is 0.592. The summed E-state index contributed by atoms with van der Waals surface area (Å²) in [6, 6.07) is 15.1. The molecule has 106 valence electrons. The lowest BCUT2D eigenvalue weighted by Crippen LogP contribution is -2.03. The van der Waals surface area contributed by atoms with Crippen LogP contribution in [0.1, 0.15) is 23.4 Å². The summed E-state index contributed by atoms with van der Waals surface area (Å²) in [5.74, 6) is 1.64. The van der Waals surface area contributed by atoms with Gasteiger partial charge in [0.2, 0.25) is 0 Å². The lowest BCUT2D eigenvalue weighted by molar-refractivity contribution is 0.905. The van der Waals surface area contributed by atoms with Crippen LogP contribution in [-0.2, 0) is 19.3 Å². The minimum Gasteiger partial charge on any atom is -0.296 e. The average Bonchev–Trinajstić information content (AvgIpc) is 3.10. The third-order valence-corrected chi connectivity index (χ3v) is 4.48. The molecule has 0 radical (unpaired) electrons. The second-order valence-electron chi connectivity index (χ2n) is 5.60. The molecule has 0 aliphatic heterocycles. The van der Waals surface area contributed by atoms with Gasteiger partial charge in [0.25, 0.3) is 0 Å². The Morgan fingerprint density at radius 1 is 1.05 bits per heavy atom. The van der Waals surface area contributed by atoms with Crippen LogP contribution in [0, 0.1) is 0 Å². The smallest absolute Gasteiger partial charge is 0.115 e. The lowest BCUT2D eigenvalue weighted by atomic mass is 10.1. The van der Waals surface area contributed by atoms with Gasteiger partial charge in [-0.3, -0.25) is 4.57 Å². The highest BCUT2D eigenvalue weighted by Crippen LogP contribution is 2.27. The van der Waals surface area contributed by atoms with Gasteiger partial charge >= 0.3 is 0 Å². The number of rotatable bonds is 3. The van der Waals surface area contributed by atoms with E-state index in [4.69, 9.17) is 16.6 Å². The maximum Gasteiger partial charge on any atom is 0.115 e. The maximum absolute atomic E-state index is 5.96. The fraction of sp³-hybridized carbons (Fsp3) is 0.278. The number of para-hydroxylation sites is 2. The Hall–Kier alpha value is -1.80. The molecule has 1 heterocycles. The number of aryl methyl sites for hydroxylation is 3. The van der Waals surface area contributed by atoms with Crippen molar-refractivity contribution in [3.8, 4) is 5.69 Å². The molecule has 1 aliphatic carbocycles. The van der Waals surface area contributed by atoms with Crippen molar-refractivity contribution in [1.82, 2.24) is 9.55 Å². The zero-order valence-electron chi connectivity index (χ0n) is 11.8. The zero-order valence-corrected chi connectivity index (χ0v) is 12.6. The Morgan fingerprint density at radius 3 is 2.81 bits per heavy atom. The zero-order chi connectivity index (χ0) is 14.2. The van der Waals surface area contributed by atoms with Crippen LogP contribution >= 0.6 is 11.6 Å². The molecular weight excluding hydrogens is 280 g/mol. The van der Waals surface area contributed by atoms with Crippen molar-refractivity contribution in [3.05, 3.63) is 59.4 Å². The highest BCUT2D eigenvalue weighted by Gasteiger charge is 2.15. The molecule has 0 bridgehead atoms. The van der Waals surface area contributed by atoms with Gasteiger partial charge in [0.15, 0.2) is 0 Å². The molecule has 0 fully saturated rings. The summed E-state index contributed by atoms with van der Waals surface area (Å²) in [5, 5.41) is 0. The van der Waals surface area contributed by atoms with Gasteiger partial charge < -0.3 is 0 Å². The molecule has 0 spiro atoms. The number of hydrogen-bond donors (Lipinski definition) is 0. The first kappa shape index (κ1) is 12.9. The molecule has 0 unspecified atom stereocenters. The van der Waals surface area contributed by atoms with Crippen molar-refractivity contribution in [2.45, 2.75) is 25.7 Å². The van der Waals surface area contributed by atoms with Gasteiger partial charge in [0, 0.05) is 18.0 Å². The standard InChI is InChI=1S/C18H17ClN2/c19-11-10-18-20-16-6-1-2-7-17(16)21(18)15-9-8-13-4-3-5-14(13)12-15/h1-2,6-9,12H,3-5,10-11H2. The van der Waals surface area contributed by atoms with E-state index in [9.17, 15) is 0 Å². The van der Waals surface area contributed by atoms with Crippen LogP contribution in [0.25, 0.3) is 16.7 Å². The highest BCUT2D eigenvalue weighted by atomic mass is 35.5. The Bertz CT molecular complexity index is 804. The molecule has 3 heteroatoms.